The van der Waals surface area contributed by atoms with Crippen molar-refractivity contribution in [3.8, 4) is 0 Å². The molecule has 2 nitrogen and oxygen atoms in total. The lowest BCUT2D eigenvalue weighted by atomic mass is 9.94. The van der Waals surface area contributed by atoms with Crippen LogP contribution in [-0.2, 0) is 0 Å². The Morgan fingerprint density at radius 2 is 2.06 bits per heavy atom. The van der Waals surface area contributed by atoms with Crippen LogP contribution in [-0.4, -0.2) is 37.1 Å². The Morgan fingerprint density at radius 1 is 1.31 bits per heavy atom. The summed E-state index contributed by atoms with van der Waals surface area (Å²) in [5, 5.41) is 3.43. The van der Waals surface area contributed by atoms with E-state index < -0.39 is 0 Å². The summed E-state index contributed by atoms with van der Waals surface area (Å²) in [5.41, 5.74) is 0. The Labute approximate surface area is 102 Å². The summed E-state index contributed by atoms with van der Waals surface area (Å²) in [7, 11) is 2.09. The fourth-order valence-electron chi connectivity index (χ4n) is 2.99. The normalized spacial score (nSPS) is 26.6. The maximum Gasteiger partial charge on any atom is 0.0246 e. The van der Waals surface area contributed by atoms with Gasteiger partial charge >= 0.3 is 0 Å². The van der Waals surface area contributed by atoms with Crippen LogP contribution in [0.25, 0.3) is 0 Å². The number of hydrogen-bond acceptors (Lipinski definition) is 2. The summed E-state index contributed by atoms with van der Waals surface area (Å²) in [4.78, 5) is 2.73. The summed E-state index contributed by atoms with van der Waals surface area (Å²) in [6, 6.07) is 1.40. The molecule has 0 aliphatic carbocycles. The predicted octanol–water partition coefficient (Wildman–Crippen LogP) is 2.89. The van der Waals surface area contributed by atoms with Crippen molar-refractivity contribution in [2.45, 2.75) is 65.0 Å². The van der Waals surface area contributed by atoms with Gasteiger partial charge in [-0.05, 0) is 45.7 Å². The molecule has 0 amide bonds. The molecular formula is C14H30N2. The summed E-state index contributed by atoms with van der Waals surface area (Å²) >= 11 is 0. The van der Waals surface area contributed by atoms with E-state index in [2.05, 4.69) is 38.0 Å². The van der Waals surface area contributed by atoms with Crippen LogP contribution >= 0.6 is 0 Å². The topological polar surface area (TPSA) is 15.3 Å². The zero-order valence-corrected chi connectivity index (χ0v) is 11.6. The van der Waals surface area contributed by atoms with Crippen LogP contribution in [0, 0.1) is 5.92 Å². The summed E-state index contributed by atoms with van der Waals surface area (Å²) in [5.74, 6) is 0.856. The van der Waals surface area contributed by atoms with Gasteiger partial charge in [-0.25, -0.2) is 0 Å². The molecule has 1 N–H and O–H groups in total. The lowest BCUT2D eigenvalue weighted by molar-refractivity contribution is 0.103. The van der Waals surface area contributed by atoms with Crippen LogP contribution in [0.1, 0.15) is 52.9 Å². The Balaban J connectivity index is 2.46. The highest BCUT2D eigenvalue weighted by molar-refractivity contribution is 4.84. The van der Waals surface area contributed by atoms with Crippen molar-refractivity contribution in [3.05, 3.63) is 0 Å². The van der Waals surface area contributed by atoms with Gasteiger partial charge in [0.1, 0.15) is 0 Å². The van der Waals surface area contributed by atoms with Crippen LogP contribution in [0.5, 0.6) is 0 Å². The van der Waals surface area contributed by atoms with Crippen LogP contribution < -0.4 is 5.32 Å². The molecular weight excluding hydrogens is 196 g/mol. The molecule has 3 atom stereocenters. The van der Waals surface area contributed by atoms with Crippen LogP contribution in [0.4, 0.5) is 0 Å². The molecule has 1 aliphatic rings. The number of nitrogens with one attached hydrogen (secondary N) is 1. The van der Waals surface area contributed by atoms with E-state index in [0.717, 1.165) is 12.0 Å². The minimum absolute atomic E-state index is 0.633. The van der Waals surface area contributed by atoms with Crippen LogP contribution in [0.2, 0.25) is 0 Å². The average molecular weight is 226 g/mol. The van der Waals surface area contributed by atoms with E-state index in [1.807, 2.05) is 0 Å². The fourth-order valence-corrected chi connectivity index (χ4v) is 2.99. The minimum atomic E-state index is 0.633. The first-order valence-corrected chi connectivity index (χ1v) is 7.10. The number of nitrogens with zero attached hydrogens (tertiary/aromatic N) is 1. The molecule has 1 aliphatic heterocycles. The van der Waals surface area contributed by atoms with Gasteiger partial charge in [0, 0.05) is 18.6 Å². The quantitative estimate of drug-likeness (QED) is 0.749. The predicted molar refractivity (Wildman–Crippen MR) is 71.8 cm³/mol. The molecule has 96 valence electrons. The van der Waals surface area contributed by atoms with E-state index in [1.165, 1.54) is 45.2 Å². The van der Waals surface area contributed by atoms with Crippen molar-refractivity contribution in [2.24, 2.45) is 5.92 Å². The van der Waals surface area contributed by atoms with Crippen molar-refractivity contribution in [2.75, 3.05) is 20.1 Å². The molecule has 0 radical (unpaired) electrons. The molecule has 2 heteroatoms. The fraction of sp³-hybridized carbons (Fsp3) is 1.00. The van der Waals surface area contributed by atoms with Crippen molar-refractivity contribution < 1.29 is 0 Å². The second-order valence-electron chi connectivity index (χ2n) is 5.53. The van der Waals surface area contributed by atoms with E-state index in [0.29, 0.717) is 6.04 Å². The number of likely N-dealkylation sites (N-methyl/N-ethyl adjacent to an activating group) is 1. The number of hydrogen-bond donors (Lipinski definition) is 1. The zero-order chi connectivity index (χ0) is 12.0. The van der Waals surface area contributed by atoms with Crippen LogP contribution in [0.15, 0.2) is 0 Å². The van der Waals surface area contributed by atoms with E-state index in [4.69, 9.17) is 0 Å². The molecule has 0 aromatic heterocycles. The summed E-state index contributed by atoms with van der Waals surface area (Å²) in [6.07, 6.45) is 6.88. The molecule has 0 bridgehead atoms. The van der Waals surface area contributed by atoms with E-state index >= 15 is 0 Å². The third kappa shape index (κ3) is 4.06. The molecule has 0 aromatic carbocycles. The van der Waals surface area contributed by atoms with Gasteiger partial charge < -0.3 is 5.32 Å². The highest BCUT2D eigenvalue weighted by Crippen LogP contribution is 2.21. The summed E-state index contributed by atoms with van der Waals surface area (Å²) in [6.45, 7) is 9.63. The highest BCUT2D eigenvalue weighted by atomic mass is 15.2. The largest absolute Gasteiger partial charge is 0.316 e. The first-order valence-electron chi connectivity index (χ1n) is 7.10. The van der Waals surface area contributed by atoms with Gasteiger partial charge in [-0.3, -0.25) is 4.90 Å². The maximum atomic E-state index is 3.43. The molecule has 1 fully saturated rings. The molecule has 1 saturated heterocycles. The van der Waals surface area contributed by atoms with Crippen LogP contribution in [0.3, 0.4) is 0 Å². The van der Waals surface area contributed by atoms with Crippen molar-refractivity contribution >= 4 is 0 Å². The Morgan fingerprint density at radius 3 is 2.69 bits per heavy atom. The molecule has 3 unspecified atom stereocenters. The molecule has 1 heterocycles. The van der Waals surface area contributed by atoms with E-state index in [9.17, 15) is 0 Å². The van der Waals surface area contributed by atoms with Crippen molar-refractivity contribution in [1.82, 2.24) is 10.2 Å². The minimum Gasteiger partial charge on any atom is -0.316 e. The Kier molecular flexibility index (Phi) is 6.37. The van der Waals surface area contributed by atoms with Gasteiger partial charge in [0.2, 0.25) is 0 Å². The second kappa shape index (κ2) is 7.29. The first kappa shape index (κ1) is 14.0. The smallest absolute Gasteiger partial charge is 0.0246 e. The summed E-state index contributed by atoms with van der Waals surface area (Å²) < 4.78 is 0. The van der Waals surface area contributed by atoms with Gasteiger partial charge in [-0.1, -0.05) is 26.7 Å². The van der Waals surface area contributed by atoms with Gasteiger partial charge in [0.15, 0.2) is 0 Å². The molecule has 0 aromatic rings. The number of rotatable bonds is 6. The zero-order valence-electron chi connectivity index (χ0n) is 11.6. The maximum absolute atomic E-state index is 3.43. The standard InChI is InChI=1S/C14H30N2/c1-5-8-12(2)11-16-10-7-6-9-14(16)13(3)15-4/h12-15H,5-11H2,1-4H3. The first-order chi connectivity index (χ1) is 7.69. The third-order valence-corrected chi connectivity index (χ3v) is 4.02. The number of likely N-dealkylation sites (tertiary alicyclic amines) is 1. The second-order valence-corrected chi connectivity index (χ2v) is 5.53. The lowest BCUT2D eigenvalue weighted by Gasteiger charge is -2.40. The Hall–Kier alpha value is -0.0800. The molecule has 0 saturated carbocycles. The molecule has 1 rings (SSSR count). The van der Waals surface area contributed by atoms with Gasteiger partial charge in [-0.15, -0.1) is 0 Å². The number of piperidine rings is 1. The lowest BCUT2D eigenvalue weighted by Crippen LogP contribution is -2.51. The molecule has 0 spiro atoms. The van der Waals surface area contributed by atoms with Gasteiger partial charge in [0.25, 0.3) is 0 Å². The van der Waals surface area contributed by atoms with Crippen molar-refractivity contribution in [3.63, 3.8) is 0 Å². The SMILES string of the molecule is CCCC(C)CN1CCCCC1C(C)NC. The Bertz CT molecular complexity index is 182. The van der Waals surface area contributed by atoms with Crippen molar-refractivity contribution in [1.29, 1.82) is 0 Å². The molecule has 16 heavy (non-hydrogen) atoms. The van der Waals surface area contributed by atoms with E-state index in [1.54, 1.807) is 0 Å². The third-order valence-electron chi connectivity index (χ3n) is 4.02. The average Bonchev–Trinajstić information content (AvgIpc) is 2.29. The highest BCUT2D eigenvalue weighted by Gasteiger charge is 2.26. The monoisotopic (exact) mass is 226 g/mol. The van der Waals surface area contributed by atoms with E-state index in [-0.39, 0.29) is 0 Å². The van der Waals surface area contributed by atoms with Gasteiger partial charge in [0.05, 0.1) is 0 Å². The van der Waals surface area contributed by atoms with Gasteiger partial charge in [-0.2, -0.15) is 0 Å².